The van der Waals surface area contributed by atoms with Crippen LogP contribution in [0.1, 0.15) is 29.8 Å². The molecule has 0 spiro atoms. The van der Waals surface area contributed by atoms with Gasteiger partial charge in [0.1, 0.15) is 0 Å². The van der Waals surface area contributed by atoms with Crippen molar-refractivity contribution in [3.63, 3.8) is 0 Å². The molecule has 1 aromatic heterocycles. The van der Waals surface area contributed by atoms with E-state index >= 15 is 0 Å². The fourth-order valence-electron chi connectivity index (χ4n) is 3.57. The molecular weight excluding hydrogens is 416 g/mol. The Kier molecular flexibility index (Phi) is 6.78. The van der Waals surface area contributed by atoms with Crippen molar-refractivity contribution in [1.29, 1.82) is 0 Å². The highest BCUT2D eigenvalue weighted by Crippen LogP contribution is 2.40. The summed E-state index contributed by atoms with van der Waals surface area (Å²) in [6, 6.07) is 21.4. The first-order valence-electron chi connectivity index (χ1n) is 10.6. The van der Waals surface area contributed by atoms with Crippen LogP contribution in [0.2, 0.25) is 0 Å². The number of benzene rings is 3. The second-order valence-corrected chi connectivity index (χ2v) is 7.50. The highest BCUT2D eigenvalue weighted by molar-refractivity contribution is 5.75. The minimum Gasteiger partial charge on any atom is -0.493 e. The summed E-state index contributed by atoms with van der Waals surface area (Å²) >= 11 is 0. The summed E-state index contributed by atoms with van der Waals surface area (Å²) in [6.45, 7) is 1.95. The van der Waals surface area contributed by atoms with Gasteiger partial charge in [-0.05, 0) is 42.3 Å². The van der Waals surface area contributed by atoms with Crippen molar-refractivity contribution in [2.24, 2.45) is 10.2 Å². The van der Waals surface area contributed by atoms with E-state index in [2.05, 4.69) is 22.4 Å². The highest BCUT2D eigenvalue weighted by atomic mass is 16.5. The molecule has 3 aromatic carbocycles. The standard InChI is InChI=1S/C26H26N4O3/c1-17(19-15-23(31-2)25(33-4)24(16-19)32-3)29-30-26-22(14-18-10-6-5-7-11-18)27-20-12-8-9-13-21(20)28-26/h5-13,15-17H,14H2,1-4H3. The molecule has 7 heteroatoms. The van der Waals surface area contributed by atoms with E-state index in [4.69, 9.17) is 24.2 Å². The number of fused-ring (bicyclic) bond motifs is 1. The van der Waals surface area contributed by atoms with Crippen LogP contribution in [-0.4, -0.2) is 31.3 Å². The average molecular weight is 443 g/mol. The number of ether oxygens (including phenoxy) is 3. The largest absolute Gasteiger partial charge is 0.493 e. The van der Waals surface area contributed by atoms with Gasteiger partial charge in [-0.2, -0.15) is 5.11 Å². The molecular formula is C26H26N4O3. The third kappa shape index (κ3) is 4.92. The number of para-hydroxylation sites is 2. The number of hydrogen-bond acceptors (Lipinski definition) is 7. The first kappa shape index (κ1) is 22.2. The van der Waals surface area contributed by atoms with Crippen molar-refractivity contribution in [1.82, 2.24) is 9.97 Å². The highest BCUT2D eigenvalue weighted by Gasteiger charge is 2.17. The first-order valence-corrected chi connectivity index (χ1v) is 10.6. The molecule has 0 aliphatic heterocycles. The van der Waals surface area contributed by atoms with E-state index in [0.717, 1.165) is 27.9 Å². The lowest BCUT2D eigenvalue weighted by Gasteiger charge is -2.15. The van der Waals surface area contributed by atoms with Crippen molar-refractivity contribution in [3.05, 3.63) is 83.6 Å². The molecule has 4 aromatic rings. The molecule has 0 radical (unpaired) electrons. The van der Waals surface area contributed by atoms with Crippen LogP contribution in [-0.2, 0) is 6.42 Å². The van der Waals surface area contributed by atoms with Gasteiger partial charge in [-0.15, -0.1) is 5.11 Å². The summed E-state index contributed by atoms with van der Waals surface area (Å²) in [5.74, 6) is 2.20. The summed E-state index contributed by atoms with van der Waals surface area (Å²) in [7, 11) is 4.76. The van der Waals surface area contributed by atoms with Gasteiger partial charge in [-0.3, -0.25) is 0 Å². The number of azo groups is 1. The minimum absolute atomic E-state index is 0.267. The first-order chi connectivity index (χ1) is 16.1. The number of nitrogens with zero attached hydrogens (tertiary/aromatic N) is 4. The maximum absolute atomic E-state index is 5.47. The summed E-state index contributed by atoms with van der Waals surface area (Å²) < 4.78 is 16.3. The van der Waals surface area contributed by atoms with E-state index in [1.165, 1.54) is 0 Å². The quantitative estimate of drug-likeness (QED) is 0.309. The van der Waals surface area contributed by atoms with E-state index < -0.39 is 0 Å². The zero-order valence-electron chi connectivity index (χ0n) is 19.1. The molecule has 0 aliphatic rings. The molecule has 0 fully saturated rings. The van der Waals surface area contributed by atoms with E-state index in [9.17, 15) is 0 Å². The minimum atomic E-state index is -0.267. The van der Waals surface area contributed by atoms with Gasteiger partial charge in [0.25, 0.3) is 0 Å². The van der Waals surface area contributed by atoms with Gasteiger partial charge in [-0.1, -0.05) is 42.5 Å². The van der Waals surface area contributed by atoms with Crippen molar-refractivity contribution in [3.8, 4) is 17.2 Å². The van der Waals surface area contributed by atoms with Crippen LogP contribution in [0.3, 0.4) is 0 Å². The second-order valence-electron chi connectivity index (χ2n) is 7.50. The molecule has 7 nitrogen and oxygen atoms in total. The normalized spacial score (nSPS) is 12.1. The second kappa shape index (κ2) is 10.1. The van der Waals surface area contributed by atoms with Gasteiger partial charge in [0.2, 0.25) is 5.75 Å². The zero-order valence-corrected chi connectivity index (χ0v) is 19.1. The Morgan fingerprint density at radius 1 is 0.788 bits per heavy atom. The maximum atomic E-state index is 5.47. The molecule has 0 N–H and O–H groups in total. The molecule has 33 heavy (non-hydrogen) atoms. The van der Waals surface area contributed by atoms with Gasteiger partial charge in [0.15, 0.2) is 17.3 Å². The lowest BCUT2D eigenvalue weighted by atomic mass is 10.1. The Hall–Kier alpha value is -4.00. The van der Waals surface area contributed by atoms with Gasteiger partial charge in [0.05, 0.1) is 44.1 Å². The summed E-state index contributed by atoms with van der Waals surface area (Å²) in [6.07, 6.45) is 0.617. The topological polar surface area (TPSA) is 78.2 Å². The molecule has 168 valence electrons. The predicted molar refractivity (Wildman–Crippen MR) is 128 cm³/mol. The molecule has 1 atom stereocenters. The molecule has 4 rings (SSSR count). The average Bonchev–Trinajstić information content (AvgIpc) is 2.86. The van der Waals surface area contributed by atoms with Crippen LogP contribution in [0.25, 0.3) is 11.0 Å². The molecule has 0 bridgehead atoms. The lowest BCUT2D eigenvalue weighted by Crippen LogP contribution is -1.99. The molecule has 0 amide bonds. The van der Waals surface area contributed by atoms with Crippen molar-refractivity contribution in [2.75, 3.05) is 21.3 Å². The van der Waals surface area contributed by atoms with Crippen molar-refractivity contribution in [2.45, 2.75) is 19.4 Å². The van der Waals surface area contributed by atoms with Crippen LogP contribution in [0.4, 0.5) is 5.82 Å². The molecule has 1 heterocycles. The molecule has 1 unspecified atom stereocenters. The van der Waals surface area contributed by atoms with Crippen molar-refractivity contribution < 1.29 is 14.2 Å². The Morgan fingerprint density at radius 3 is 2.00 bits per heavy atom. The Balaban J connectivity index is 1.70. The van der Waals surface area contributed by atoms with E-state index in [0.29, 0.717) is 29.5 Å². The van der Waals surface area contributed by atoms with Gasteiger partial charge < -0.3 is 14.2 Å². The Labute approximate surface area is 193 Å². The van der Waals surface area contributed by atoms with E-state index in [1.54, 1.807) is 21.3 Å². The van der Waals surface area contributed by atoms with Crippen LogP contribution in [0, 0.1) is 0 Å². The maximum Gasteiger partial charge on any atom is 0.203 e. The molecule has 0 saturated carbocycles. The van der Waals surface area contributed by atoms with Crippen LogP contribution in [0.15, 0.2) is 77.0 Å². The number of hydrogen-bond donors (Lipinski definition) is 0. The van der Waals surface area contributed by atoms with Gasteiger partial charge >= 0.3 is 0 Å². The number of methoxy groups -OCH3 is 3. The smallest absolute Gasteiger partial charge is 0.203 e. The van der Waals surface area contributed by atoms with E-state index in [1.807, 2.05) is 61.5 Å². The number of aromatic nitrogens is 2. The Bertz CT molecular complexity index is 1250. The zero-order chi connectivity index (χ0) is 23.2. The van der Waals surface area contributed by atoms with Gasteiger partial charge in [-0.25, -0.2) is 9.97 Å². The summed E-state index contributed by atoms with van der Waals surface area (Å²) in [4.78, 5) is 9.57. The SMILES string of the molecule is COc1cc(C(C)N=Nc2nc3ccccc3nc2Cc2ccccc2)cc(OC)c1OC. The predicted octanol–water partition coefficient (Wildman–Crippen LogP) is 6.09. The van der Waals surface area contributed by atoms with Crippen LogP contribution < -0.4 is 14.2 Å². The summed E-state index contributed by atoms with van der Waals surface area (Å²) in [5.41, 5.74) is 4.41. The molecule has 0 aliphatic carbocycles. The third-order valence-electron chi connectivity index (χ3n) is 5.33. The van der Waals surface area contributed by atoms with Crippen LogP contribution >= 0.6 is 0 Å². The Morgan fingerprint density at radius 2 is 1.39 bits per heavy atom. The fourth-order valence-corrected chi connectivity index (χ4v) is 3.57. The third-order valence-corrected chi connectivity index (χ3v) is 5.33. The van der Waals surface area contributed by atoms with Crippen LogP contribution in [0.5, 0.6) is 17.2 Å². The van der Waals surface area contributed by atoms with E-state index in [-0.39, 0.29) is 6.04 Å². The number of rotatable bonds is 8. The lowest BCUT2D eigenvalue weighted by molar-refractivity contribution is 0.323. The van der Waals surface area contributed by atoms with Crippen molar-refractivity contribution >= 4 is 16.9 Å². The summed E-state index contributed by atoms with van der Waals surface area (Å²) in [5, 5.41) is 9.07. The molecule has 0 saturated heterocycles. The fraction of sp³-hybridized carbons (Fsp3) is 0.231. The monoisotopic (exact) mass is 442 g/mol. The van der Waals surface area contributed by atoms with Gasteiger partial charge in [0, 0.05) is 6.42 Å².